The lowest BCUT2D eigenvalue weighted by atomic mass is 10.3. The Morgan fingerprint density at radius 3 is 2.63 bits per heavy atom. The van der Waals surface area contributed by atoms with Gasteiger partial charge in [-0.05, 0) is 26.0 Å². The minimum absolute atomic E-state index is 0.00422. The summed E-state index contributed by atoms with van der Waals surface area (Å²) in [6.07, 6.45) is 1.39. The molecule has 6 nitrogen and oxygen atoms in total. The number of nitrogens with one attached hydrogen (secondary N) is 1. The molecule has 1 atom stereocenters. The van der Waals surface area contributed by atoms with Crippen LogP contribution in [0.15, 0.2) is 23.2 Å². The van der Waals surface area contributed by atoms with Crippen molar-refractivity contribution in [1.82, 2.24) is 14.5 Å². The molecule has 0 spiro atoms. The van der Waals surface area contributed by atoms with Gasteiger partial charge in [0.05, 0.1) is 6.04 Å². The summed E-state index contributed by atoms with van der Waals surface area (Å²) in [5, 5.41) is 3.84. The fourth-order valence-electron chi connectivity index (χ4n) is 1.73. The SMILES string of the molecule is Cc1ccc(C(C)NS(=O)(=O)c2cn(C)nc2N)s1. The summed E-state index contributed by atoms with van der Waals surface area (Å²) in [7, 11) is -2.03. The van der Waals surface area contributed by atoms with Crippen LogP contribution in [0.4, 0.5) is 5.82 Å². The summed E-state index contributed by atoms with van der Waals surface area (Å²) in [6, 6.07) is 3.58. The molecule has 0 aliphatic heterocycles. The Hall–Kier alpha value is -1.38. The predicted molar refractivity (Wildman–Crippen MR) is 75.4 cm³/mol. The van der Waals surface area contributed by atoms with Crippen LogP contribution in [0.1, 0.15) is 22.7 Å². The van der Waals surface area contributed by atoms with Gasteiger partial charge in [-0.15, -0.1) is 11.3 Å². The Morgan fingerprint density at radius 2 is 2.16 bits per heavy atom. The van der Waals surface area contributed by atoms with Crippen molar-refractivity contribution < 1.29 is 8.42 Å². The molecule has 2 rings (SSSR count). The molecule has 104 valence electrons. The maximum atomic E-state index is 12.2. The Kier molecular flexibility index (Phi) is 3.66. The molecule has 0 aliphatic carbocycles. The van der Waals surface area contributed by atoms with Gasteiger partial charge in [-0.1, -0.05) is 0 Å². The van der Waals surface area contributed by atoms with Crippen LogP contribution in [-0.4, -0.2) is 18.2 Å². The zero-order chi connectivity index (χ0) is 14.2. The number of thiophene rings is 1. The molecule has 0 radical (unpaired) electrons. The van der Waals surface area contributed by atoms with Crippen LogP contribution in [0.3, 0.4) is 0 Å². The summed E-state index contributed by atoms with van der Waals surface area (Å²) in [4.78, 5) is 2.11. The van der Waals surface area contributed by atoms with Crippen LogP contribution in [0, 0.1) is 6.92 Å². The molecule has 0 aromatic carbocycles. The number of hydrogen-bond acceptors (Lipinski definition) is 5. The van der Waals surface area contributed by atoms with Crippen molar-refractivity contribution in [3.8, 4) is 0 Å². The molecular weight excluding hydrogens is 284 g/mol. The van der Waals surface area contributed by atoms with E-state index in [0.717, 1.165) is 9.75 Å². The number of anilines is 1. The first-order valence-electron chi connectivity index (χ1n) is 5.67. The molecule has 0 saturated heterocycles. The van der Waals surface area contributed by atoms with E-state index in [0.29, 0.717) is 0 Å². The van der Waals surface area contributed by atoms with Crippen molar-refractivity contribution >= 4 is 27.2 Å². The maximum Gasteiger partial charge on any atom is 0.246 e. The Morgan fingerprint density at radius 1 is 1.47 bits per heavy atom. The van der Waals surface area contributed by atoms with Crippen LogP contribution in [0.2, 0.25) is 0 Å². The quantitative estimate of drug-likeness (QED) is 0.893. The zero-order valence-electron chi connectivity index (χ0n) is 10.9. The molecule has 0 bridgehead atoms. The molecule has 1 unspecified atom stereocenters. The smallest absolute Gasteiger partial charge is 0.246 e. The lowest BCUT2D eigenvalue weighted by Gasteiger charge is -2.11. The van der Waals surface area contributed by atoms with Gasteiger partial charge in [0.2, 0.25) is 10.0 Å². The number of hydrogen-bond donors (Lipinski definition) is 2. The number of nitrogens with zero attached hydrogens (tertiary/aromatic N) is 2. The van der Waals surface area contributed by atoms with Gasteiger partial charge in [-0.25, -0.2) is 13.1 Å². The van der Waals surface area contributed by atoms with E-state index in [1.165, 1.54) is 10.9 Å². The van der Waals surface area contributed by atoms with Gasteiger partial charge < -0.3 is 5.73 Å². The summed E-state index contributed by atoms with van der Waals surface area (Å²) in [5.41, 5.74) is 5.60. The molecule has 3 N–H and O–H groups in total. The molecule has 0 amide bonds. The molecule has 2 heterocycles. The van der Waals surface area contributed by atoms with Gasteiger partial charge in [0.25, 0.3) is 0 Å². The highest BCUT2D eigenvalue weighted by molar-refractivity contribution is 7.89. The number of rotatable bonds is 4. The summed E-state index contributed by atoms with van der Waals surface area (Å²) in [5.74, 6) is 0.00422. The highest BCUT2D eigenvalue weighted by Gasteiger charge is 2.23. The Labute approximate surface area is 116 Å². The van der Waals surface area contributed by atoms with E-state index < -0.39 is 10.0 Å². The fourth-order valence-corrected chi connectivity index (χ4v) is 4.01. The third-order valence-corrected chi connectivity index (χ3v) is 5.37. The standard InChI is InChI=1S/C11H16N4O2S2/c1-7-4-5-9(18-7)8(2)14-19(16,17)10-6-15(3)13-11(10)12/h4-6,8,14H,1-3H3,(H2,12,13). The first-order valence-corrected chi connectivity index (χ1v) is 7.97. The number of sulfonamides is 1. The monoisotopic (exact) mass is 300 g/mol. The summed E-state index contributed by atoms with van der Waals surface area (Å²) in [6.45, 7) is 3.78. The first-order chi connectivity index (χ1) is 8.79. The second-order valence-electron chi connectivity index (χ2n) is 4.34. The van der Waals surface area contributed by atoms with Crippen LogP contribution in [0.25, 0.3) is 0 Å². The molecule has 2 aromatic rings. The third-order valence-electron chi connectivity index (χ3n) is 2.63. The van der Waals surface area contributed by atoms with Crippen molar-refractivity contribution in [2.24, 2.45) is 7.05 Å². The van der Waals surface area contributed by atoms with Gasteiger partial charge >= 0.3 is 0 Å². The first kappa shape index (κ1) is 14.0. The average molecular weight is 300 g/mol. The molecular formula is C11H16N4O2S2. The van der Waals surface area contributed by atoms with Crippen molar-refractivity contribution in [2.45, 2.75) is 24.8 Å². The van der Waals surface area contributed by atoms with E-state index in [-0.39, 0.29) is 16.8 Å². The van der Waals surface area contributed by atoms with E-state index >= 15 is 0 Å². The van der Waals surface area contributed by atoms with E-state index in [4.69, 9.17) is 5.73 Å². The predicted octanol–water partition coefficient (Wildman–Crippen LogP) is 1.41. The average Bonchev–Trinajstić information content (AvgIpc) is 2.84. The lowest BCUT2D eigenvalue weighted by molar-refractivity contribution is 0.568. The van der Waals surface area contributed by atoms with Crippen LogP contribution in [0.5, 0.6) is 0 Å². The number of aryl methyl sites for hydroxylation is 2. The maximum absolute atomic E-state index is 12.2. The van der Waals surface area contributed by atoms with Gasteiger partial charge in [0.1, 0.15) is 4.90 Å². The summed E-state index contributed by atoms with van der Waals surface area (Å²) < 4.78 is 28.4. The highest BCUT2D eigenvalue weighted by Crippen LogP contribution is 2.25. The Bertz CT molecular complexity index is 687. The second kappa shape index (κ2) is 4.95. The molecule has 0 aliphatic rings. The van der Waals surface area contributed by atoms with Crippen molar-refractivity contribution in [1.29, 1.82) is 0 Å². The molecule has 0 fully saturated rings. The van der Waals surface area contributed by atoms with Gasteiger partial charge in [-0.3, -0.25) is 4.68 Å². The number of aromatic nitrogens is 2. The van der Waals surface area contributed by atoms with Crippen LogP contribution < -0.4 is 10.5 Å². The molecule has 8 heteroatoms. The third kappa shape index (κ3) is 2.96. The number of nitrogens with two attached hydrogens (primary N) is 1. The topological polar surface area (TPSA) is 90.0 Å². The largest absolute Gasteiger partial charge is 0.381 e. The minimum Gasteiger partial charge on any atom is -0.381 e. The van der Waals surface area contributed by atoms with Gasteiger partial charge in [-0.2, -0.15) is 5.10 Å². The summed E-state index contributed by atoms with van der Waals surface area (Å²) >= 11 is 1.56. The van der Waals surface area contributed by atoms with Crippen molar-refractivity contribution in [3.63, 3.8) is 0 Å². The van der Waals surface area contributed by atoms with Crippen molar-refractivity contribution in [2.75, 3.05) is 5.73 Å². The fraction of sp³-hybridized carbons (Fsp3) is 0.364. The van der Waals surface area contributed by atoms with E-state index in [2.05, 4.69) is 9.82 Å². The van der Waals surface area contributed by atoms with Crippen LogP contribution >= 0.6 is 11.3 Å². The van der Waals surface area contributed by atoms with Gasteiger partial charge in [0.15, 0.2) is 5.82 Å². The number of nitrogen functional groups attached to an aromatic ring is 1. The Balaban J connectivity index is 2.24. The normalized spacial score (nSPS) is 13.6. The van der Waals surface area contributed by atoms with E-state index in [1.54, 1.807) is 25.3 Å². The molecule has 19 heavy (non-hydrogen) atoms. The van der Waals surface area contributed by atoms with Gasteiger partial charge in [0, 0.05) is 23.0 Å². The lowest BCUT2D eigenvalue weighted by Crippen LogP contribution is -2.26. The van der Waals surface area contributed by atoms with Crippen LogP contribution in [-0.2, 0) is 17.1 Å². The van der Waals surface area contributed by atoms with E-state index in [9.17, 15) is 8.42 Å². The van der Waals surface area contributed by atoms with E-state index in [1.807, 2.05) is 19.1 Å². The second-order valence-corrected chi connectivity index (χ2v) is 7.35. The molecule has 2 aromatic heterocycles. The van der Waals surface area contributed by atoms with Crippen molar-refractivity contribution in [3.05, 3.63) is 28.1 Å². The minimum atomic E-state index is -3.66. The zero-order valence-corrected chi connectivity index (χ0v) is 12.5. The molecule has 0 saturated carbocycles. The highest BCUT2D eigenvalue weighted by atomic mass is 32.2.